The number of rotatable bonds is 5. The fourth-order valence-corrected chi connectivity index (χ4v) is 3.59. The predicted octanol–water partition coefficient (Wildman–Crippen LogP) is 4.51. The second kappa shape index (κ2) is 7.84. The van der Waals surface area contributed by atoms with Crippen molar-refractivity contribution in [1.82, 2.24) is 4.98 Å². The molecule has 4 rings (SSSR count). The molecule has 1 saturated heterocycles. The number of amides is 1. The van der Waals surface area contributed by atoms with Crippen molar-refractivity contribution in [1.29, 1.82) is 0 Å². The first kappa shape index (κ1) is 17.6. The molecule has 2 aromatic carbocycles. The molecule has 3 aromatic rings. The molecule has 6 heteroatoms. The van der Waals surface area contributed by atoms with Crippen LogP contribution in [0.25, 0.3) is 10.9 Å². The summed E-state index contributed by atoms with van der Waals surface area (Å²) in [6.07, 6.45) is 4.04. The van der Waals surface area contributed by atoms with Crippen LogP contribution in [-0.4, -0.2) is 30.6 Å². The third-order valence-corrected chi connectivity index (χ3v) is 4.99. The minimum atomic E-state index is -0.208. The molecule has 138 valence electrons. The lowest BCUT2D eigenvalue weighted by molar-refractivity contribution is -0.118. The SMILES string of the molecule is O=C(COc1ccc(Cl)c2cccnc12)Nc1ccccc1N1CCCC1. The predicted molar refractivity (Wildman–Crippen MR) is 109 cm³/mol. The number of para-hydroxylation sites is 2. The van der Waals surface area contributed by atoms with Gasteiger partial charge in [0.25, 0.3) is 5.91 Å². The number of carbonyl (C=O) groups is 1. The van der Waals surface area contributed by atoms with Crippen molar-refractivity contribution >= 4 is 39.8 Å². The topological polar surface area (TPSA) is 54.5 Å². The minimum Gasteiger partial charge on any atom is -0.481 e. The van der Waals surface area contributed by atoms with Crippen LogP contribution in [0.2, 0.25) is 5.02 Å². The summed E-state index contributed by atoms with van der Waals surface area (Å²) in [5, 5.41) is 4.37. The first-order valence-corrected chi connectivity index (χ1v) is 9.40. The van der Waals surface area contributed by atoms with E-state index in [0.717, 1.165) is 29.9 Å². The van der Waals surface area contributed by atoms with Crippen molar-refractivity contribution in [2.75, 3.05) is 29.9 Å². The molecule has 27 heavy (non-hydrogen) atoms. The average molecular weight is 382 g/mol. The van der Waals surface area contributed by atoms with E-state index < -0.39 is 0 Å². The molecule has 0 unspecified atom stereocenters. The van der Waals surface area contributed by atoms with Crippen molar-refractivity contribution in [2.24, 2.45) is 0 Å². The minimum absolute atomic E-state index is 0.0956. The lowest BCUT2D eigenvalue weighted by Crippen LogP contribution is -2.24. The van der Waals surface area contributed by atoms with Gasteiger partial charge < -0.3 is 15.0 Å². The Hall–Kier alpha value is -2.79. The van der Waals surface area contributed by atoms with E-state index in [1.54, 1.807) is 18.3 Å². The number of aromatic nitrogens is 1. The average Bonchev–Trinajstić information content (AvgIpc) is 3.23. The van der Waals surface area contributed by atoms with E-state index in [0.29, 0.717) is 16.3 Å². The van der Waals surface area contributed by atoms with Gasteiger partial charge in [0.2, 0.25) is 0 Å². The summed E-state index contributed by atoms with van der Waals surface area (Å²) < 4.78 is 5.73. The van der Waals surface area contributed by atoms with Crippen LogP contribution in [0.4, 0.5) is 11.4 Å². The van der Waals surface area contributed by atoms with Crippen LogP contribution >= 0.6 is 11.6 Å². The standard InChI is InChI=1S/C21H20ClN3O2/c22-16-9-10-19(21-15(16)6-5-11-23-21)27-14-20(26)24-17-7-1-2-8-18(17)25-12-3-4-13-25/h1-2,5-11H,3-4,12-14H2,(H,24,26). The first-order valence-electron chi connectivity index (χ1n) is 9.02. The Labute approximate surface area is 162 Å². The highest BCUT2D eigenvalue weighted by atomic mass is 35.5. The zero-order valence-corrected chi connectivity index (χ0v) is 15.6. The highest BCUT2D eigenvalue weighted by Gasteiger charge is 2.17. The summed E-state index contributed by atoms with van der Waals surface area (Å²) in [6, 6.07) is 15.1. The van der Waals surface area contributed by atoms with E-state index >= 15 is 0 Å². The van der Waals surface area contributed by atoms with Crippen LogP contribution in [0.3, 0.4) is 0 Å². The Morgan fingerprint density at radius 1 is 1.11 bits per heavy atom. The van der Waals surface area contributed by atoms with Gasteiger partial charge in [-0.3, -0.25) is 9.78 Å². The summed E-state index contributed by atoms with van der Waals surface area (Å²) in [6.45, 7) is 1.94. The molecular weight excluding hydrogens is 362 g/mol. The zero-order chi connectivity index (χ0) is 18.6. The van der Waals surface area contributed by atoms with Gasteiger partial charge in [-0.25, -0.2) is 0 Å². The smallest absolute Gasteiger partial charge is 0.262 e. The van der Waals surface area contributed by atoms with Gasteiger partial charge in [-0.15, -0.1) is 0 Å². The number of halogens is 1. The molecule has 0 saturated carbocycles. The maximum absolute atomic E-state index is 12.5. The molecule has 5 nitrogen and oxygen atoms in total. The Morgan fingerprint density at radius 2 is 1.93 bits per heavy atom. The van der Waals surface area contributed by atoms with Crippen molar-refractivity contribution in [3.8, 4) is 5.75 Å². The normalized spacial score (nSPS) is 13.7. The van der Waals surface area contributed by atoms with Crippen LogP contribution < -0.4 is 15.0 Å². The number of hydrogen-bond acceptors (Lipinski definition) is 4. The fourth-order valence-electron chi connectivity index (χ4n) is 3.37. The second-order valence-electron chi connectivity index (χ2n) is 6.49. The Morgan fingerprint density at radius 3 is 2.78 bits per heavy atom. The lowest BCUT2D eigenvalue weighted by Gasteiger charge is -2.21. The lowest BCUT2D eigenvalue weighted by atomic mass is 10.2. The molecule has 1 aliphatic rings. The molecule has 0 atom stereocenters. The van der Waals surface area contributed by atoms with E-state index in [1.807, 2.05) is 36.4 Å². The van der Waals surface area contributed by atoms with Crippen molar-refractivity contribution in [3.63, 3.8) is 0 Å². The first-order chi connectivity index (χ1) is 13.2. The zero-order valence-electron chi connectivity index (χ0n) is 14.8. The van der Waals surface area contributed by atoms with Crippen molar-refractivity contribution in [2.45, 2.75) is 12.8 Å². The van der Waals surface area contributed by atoms with Crippen molar-refractivity contribution < 1.29 is 9.53 Å². The van der Waals surface area contributed by atoms with E-state index in [2.05, 4.69) is 15.2 Å². The molecule has 1 aliphatic heterocycles. The number of ether oxygens (including phenoxy) is 1. The van der Waals surface area contributed by atoms with Gasteiger partial charge in [-0.2, -0.15) is 0 Å². The van der Waals surface area contributed by atoms with Crippen LogP contribution in [0.5, 0.6) is 5.75 Å². The highest BCUT2D eigenvalue weighted by molar-refractivity contribution is 6.35. The number of fused-ring (bicyclic) bond motifs is 1. The second-order valence-corrected chi connectivity index (χ2v) is 6.90. The van der Waals surface area contributed by atoms with Gasteiger partial charge in [0.05, 0.1) is 16.4 Å². The Bertz CT molecular complexity index is 971. The Kier molecular flexibility index (Phi) is 5.12. The fraction of sp³-hybridized carbons (Fsp3) is 0.238. The van der Waals surface area contributed by atoms with Gasteiger partial charge in [-0.1, -0.05) is 23.7 Å². The molecule has 0 bridgehead atoms. The number of nitrogens with zero attached hydrogens (tertiary/aromatic N) is 2. The molecule has 2 heterocycles. The summed E-state index contributed by atoms with van der Waals surface area (Å²) in [5.41, 5.74) is 2.52. The van der Waals surface area contributed by atoms with Gasteiger partial charge in [0.15, 0.2) is 6.61 Å². The molecule has 0 spiro atoms. The molecule has 1 fully saturated rings. The maximum atomic E-state index is 12.5. The summed E-state index contributed by atoms with van der Waals surface area (Å²) in [7, 11) is 0. The molecule has 1 amide bonds. The van der Waals surface area contributed by atoms with E-state index in [1.165, 1.54) is 12.8 Å². The third-order valence-electron chi connectivity index (χ3n) is 4.66. The van der Waals surface area contributed by atoms with E-state index in [-0.39, 0.29) is 12.5 Å². The maximum Gasteiger partial charge on any atom is 0.262 e. The molecule has 1 N–H and O–H groups in total. The number of pyridine rings is 1. The van der Waals surface area contributed by atoms with Crippen LogP contribution in [0.1, 0.15) is 12.8 Å². The number of benzene rings is 2. The van der Waals surface area contributed by atoms with Crippen molar-refractivity contribution in [3.05, 3.63) is 59.8 Å². The van der Waals surface area contributed by atoms with Gasteiger partial charge in [-0.05, 0) is 49.2 Å². The number of carbonyl (C=O) groups excluding carboxylic acids is 1. The molecular formula is C21H20ClN3O2. The van der Waals surface area contributed by atoms with Crippen LogP contribution in [0, 0.1) is 0 Å². The van der Waals surface area contributed by atoms with Gasteiger partial charge in [0, 0.05) is 24.7 Å². The molecule has 1 aromatic heterocycles. The number of nitrogens with one attached hydrogen (secondary N) is 1. The summed E-state index contributed by atoms with van der Waals surface area (Å²) in [4.78, 5) is 19.1. The third kappa shape index (κ3) is 3.83. The largest absolute Gasteiger partial charge is 0.481 e. The van der Waals surface area contributed by atoms with E-state index in [4.69, 9.17) is 16.3 Å². The summed E-state index contributed by atoms with van der Waals surface area (Å²) >= 11 is 6.20. The summed E-state index contributed by atoms with van der Waals surface area (Å²) in [5.74, 6) is 0.332. The van der Waals surface area contributed by atoms with Gasteiger partial charge >= 0.3 is 0 Å². The van der Waals surface area contributed by atoms with E-state index in [9.17, 15) is 4.79 Å². The highest BCUT2D eigenvalue weighted by Crippen LogP contribution is 2.30. The number of anilines is 2. The van der Waals surface area contributed by atoms with Gasteiger partial charge in [0.1, 0.15) is 11.3 Å². The number of hydrogen-bond donors (Lipinski definition) is 1. The molecule has 0 radical (unpaired) electrons. The Balaban J connectivity index is 1.46. The monoisotopic (exact) mass is 381 g/mol. The molecule has 0 aliphatic carbocycles. The van der Waals surface area contributed by atoms with Crippen LogP contribution in [-0.2, 0) is 4.79 Å². The quantitative estimate of drug-likeness (QED) is 0.706. The van der Waals surface area contributed by atoms with Crippen LogP contribution in [0.15, 0.2) is 54.7 Å².